The van der Waals surface area contributed by atoms with Gasteiger partial charge < -0.3 is 4.57 Å². The van der Waals surface area contributed by atoms with E-state index in [1.165, 1.54) is 23.9 Å². The van der Waals surface area contributed by atoms with Crippen LogP contribution in [-0.4, -0.2) is 27.4 Å². The molecule has 1 heterocycles. The molecule has 2 aromatic carbocycles. The molecular weight excluding hydrogens is 388 g/mol. The van der Waals surface area contributed by atoms with E-state index in [9.17, 15) is 14.9 Å². The van der Waals surface area contributed by atoms with Crippen molar-refractivity contribution in [3.05, 3.63) is 87.7 Å². The second kappa shape index (κ2) is 9.20. The van der Waals surface area contributed by atoms with Crippen LogP contribution in [0.1, 0.15) is 17.0 Å². The van der Waals surface area contributed by atoms with E-state index in [2.05, 4.69) is 15.1 Å². The summed E-state index contributed by atoms with van der Waals surface area (Å²) in [7, 11) is 0. The molecule has 0 spiro atoms. The minimum absolute atomic E-state index is 0.0245. The largest absolute Gasteiger partial charge is 0.318 e. The number of hydrogen-bond donors (Lipinski definition) is 1. The second-order valence-corrected chi connectivity index (χ2v) is 7.38. The number of amides is 1. The number of rotatable bonds is 7. The number of hydrogen-bond acceptors (Lipinski definition) is 5. The number of benzene rings is 2. The van der Waals surface area contributed by atoms with Gasteiger partial charge in [0.15, 0.2) is 0 Å². The van der Waals surface area contributed by atoms with Crippen LogP contribution in [-0.2, 0) is 4.79 Å². The Labute approximate surface area is 172 Å². The Kier molecular flexibility index (Phi) is 6.46. The number of nitro groups is 1. The number of nitrogens with zero attached hydrogens (tertiary/aromatic N) is 3. The zero-order chi connectivity index (χ0) is 20.8. The third-order valence-electron chi connectivity index (χ3n) is 4.30. The highest BCUT2D eigenvalue weighted by Crippen LogP contribution is 2.21. The lowest BCUT2D eigenvalue weighted by Gasteiger charge is -2.08. The number of aromatic nitrogens is 1. The van der Waals surface area contributed by atoms with Gasteiger partial charge in [-0.05, 0) is 44.2 Å². The van der Waals surface area contributed by atoms with E-state index < -0.39 is 4.92 Å². The van der Waals surface area contributed by atoms with Gasteiger partial charge in [0.05, 0.1) is 16.9 Å². The molecule has 3 rings (SSSR count). The molecule has 1 amide bonds. The summed E-state index contributed by atoms with van der Waals surface area (Å²) in [4.78, 5) is 23.0. The zero-order valence-corrected chi connectivity index (χ0v) is 16.8. The Morgan fingerprint density at radius 3 is 2.52 bits per heavy atom. The van der Waals surface area contributed by atoms with Crippen molar-refractivity contribution in [1.82, 2.24) is 9.99 Å². The number of carbonyl (C=O) groups excluding carboxylic acids is 1. The average Bonchev–Trinajstić information content (AvgIpc) is 3.00. The van der Waals surface area contributed by atoms with Crippen LogP contribution in [0, 0.1) is 24.0 Å². The highest BCUT2D eigenvalue weighted by molar-refractivity contribution is 8.00. The van der Waals surface area contributed by atoms with Gasteiger partial charge in [-0.15, -0.1) is 11.8 Å². The van der Waals surface area contributed by atoms with Crippen molar-refractivity contribution in [3.8, 4) is 5.69 Å². The fraction of sp³-hybridized carbons (Fsp3) is 0.143. The summed E-state index contributed by atoms with van der Waals surface area (Å²) in [6.45, 7) is 4.03. The standard InChI is InChI=1S/C21H20N4O3S/c1-15-12-17(16(2)24(15)18-6-4-3-5-7-18)13-22-23-21(26)14-29-20-10-8-19(9-11-20)25(27)28/h3-13H,14H2,1-2H3,(H,23,26)/b22-13+. The molecule has 1 N–H and O–H groups in total. The molecule has 0 aliphatic rings. The van der Waals surface area contributed by atoms with Gasteiger partial charge in [0, 0.05) is 39.7 Å². The fourth-order valence-electron chi connectivity index (χ4n) is 2.91. The van der Waals surface area contributed by atoms with Crippen LogP contribution in [0.25, 0.3) is 5.69 Å². The van der Waals surface area contributed by atoms with Crippen LogP contribution in [0.15, 0.2) is 70.7 Å². The molecular formula is C21H20N4O3S. The predicted octanol–water partition coefficient (Wildman–Crippen LogP) is 4.24. The minimum atomic E-state index is -0.454. The van der Waals surface area contributed by atoms with Crippen LogP contribution < -0.4 is 5.43 Å². The van der Waals surface area contributed by atoms with E-state index in [0.717, 1.165) is 27.5 Å². The van der Waals surface area contributed by atoms with Crippen molar-refractivity contribution >= 4 is 29.6 Å². The number of thioether (sulfide) groups is 1. The fourth-order valence-corrected chi connectivity index (χ4v) is 3.60. The van der Waals surface area contributed by atoms with Crippen molar-refractivity contribution in [2.75, 3.05) is 5.75 Å². The summed E-state index contributed by atoms with van der Waals surface area (Å²) >= 11 is 1.29. The second-order valence-electron chi connectivity index (χ2n) is 6.33. The molecule has 7 nitrogen and oxygen atoms in total. The van der Waals surface area contributed by atoms with Gasteiger partial charge in [0.25, 0.3) is 5.69 Å². The van der Waals surface area contributed by atoms with E-state index in [1.54, 1.807) is 18.3 Å². The summed E-state index contributed by atoms with van der Waals surface area (Å²) in [5.74, 6) is -0.0838. The first-order chi connectivity index (χ1) is 14.0. The van der Waals surface area contributed by atoms with Crippen molar-refractivity contribution in [1.29, 1.82) is 0 Å². The number of nitro benzene ring substituents is 1. The molecule has 0 radical (unpaired) electrons. The molecule has 0 atom stereocenters. The highest BCUT2D eigenvalue weighted by atomic mass is 32.2. The van der Waals surface area contributed by atoms with Crippen molar-refractivity contribution < 1.29 is 9.72 Å². The van der Waals surface area contributed by atoms with Crippen molar-refractivity contribution in [2.24, 2.45) is 5.10 Å². The van der Waals surface area contributed by atoms with Crippen LogP contribution >= 0.6 is 11.8 Å². The molecule has 3 aromatic rings. The number of nitrogens with one attached hydrogen (secondary N) is 1. The first-order valence-electron chi connectivity index (χ1n) is 8.89. The molecule has 0 saturated heterocycles. The normalized spacial score (nSPS) is 11.0. The maximum Gasteiger partial charge on any atom is 0.269 e. The third-order valence-corrected chi connectivity index (χ3v) is 5.31. The number of aryl methyl sites for hydroxylation is 1. The lowest BCUT2D eigenvalue weighted by molar-refractivity contribution is -0.384. The first kappa shape index (κ1) is 20.3. The molecule has 29 heavy (non-hydrogen) atoms. The SMILES string of the molecule is Cc1cc(/C=N/NC(=O)CSc2ccc([N+](=O)[O-])cc2)c(C)n1-c1ccccc1. The Bertz CT molecular complexity index is 1040. The number of para-hydroxylation sites is 1. The molecule has 1 aromatic heterocycles. The highest BCUT2D eigenvalue weighted by Gasteiger charge is 2.09. The van der Waals surface area contributed by atoms with E-state index in [1.807, 2.05) is 50.2 Å². The zero-order valence-electron chi connectivity index (χ0n) is 16.0. The van der Waals surface area contributed by atoms with Crippen molar-refractivity contribution in [2.45, 2.75) is 18.7 Å². The summed E-state index contributed by atoms with van der Waals surface area (Å²) < 4.78 is 2.13. The molecule has 0 unspecified atom stereocenters. The summed E-state index contributed by atoms with van der Waals surface area (Å²) in [6, 6.07) is 18.1. The van der Waals surface area contributed by atoms with Crippen molar-refractivity contribution in [3.63, 3.8) is 0 Å². The Balaban J connectivity index is 1.57. The van der Waals surface area contributed by atoms with Gasteiger partial charge in [0.1, 0.15) is 0 Å². The monoisotopic (exact) mass is 408 g/mol. The van der Waals surface area contributed by atoms with Gasteiger partial charge in [-0.25, -0.2) is 5.43 Å². The van der Waals surface area contributed by atoms with E-state index in [0.29, 0.717) is 0 Å². The number of non-ortho nitro benzene ring substituents is 1. The summed E-state index contributed by atoms with van der Waals surface area (Å²) in [5, 5.41) is 14.7. The Morgan fingerprint density at radius 2 is 1.86 bits per heavy atom. The molecule has 0 aliphatic heterocycles. The van der Waals surface area contributed by atoms with E-state index in [-0.39, 0.29) is 17.3 Å². The maximum absolute atomic E-state index is 12.0. The lowest BCUT2D eigenvalue weighted by Crippen LogP contribution is -2.19. The Hall–Kier alpha value is -3.39. The number of carbonyl (C=O) groups is 1. The lowest BCUT2D eigenvalue weighted by atomic mass is 10.2. The average molecular weight is 408 g/mol. The predicted molar refractivity (Wildman–Crippen MR) is 115 cm³/mol. The minimum Gasteiger partial charge on any atom is -0.318 e. The molecule has 0 saturated carbocycles. The van der Waals surface area contributed by atoms with E-state index in [4.69, 9.17) is 0 Å². The molecule has 148 valence electrons. The van der Waals surface area contributed by atoms with Gasteiger partial charge in [-0.3, -0.25) is 14.9 Å². The molecule has 8 heteroatoms. The molecule has 0 aliphatic carbocycles. The summed E-state index contributed by atoms with van der Waals surface area (Å²) in [5.41, 5.74) is 6.66. The Morgan fingerprint density at radius 1 is 1.17 bits per heavy atom. The maximum atomic E-state index is 12.0. The summed E-state index contributed by atoms with van der Waals surface area (Å²) in [6.07, 6.45) is 1.64. The number of hydrazone groups is 1. The van der Waals surface area contributed by atoms with Crippen LogP contribution in [0.4, 0.5) is 5.69 Å². The molecule has 0 bridgehead atoms. The van der Waals surface area contributed by atoms with Gasteiger partial charge in [0.2, 0.25) is 5.91 Å². The quantitative estimate of drug-likeness (QED) is 0.274. The van der Waals surface area contributed by atoms with Gasteiger partial charge >= 0.3 is 0 Å². The van der Waals surface area contributed by atoms with E-state index >= 15 is 0 Å². The van der Waals surface area contributed by atoms with Crippen LogP contribution in [0.3, 0.4) is 0 Å². The van der Waals surface area contributed by atoms with Crippen LogP contribution in [0.2, 0.25) is 0 Å². The van der Waals surface area contributed by atoms with Gasteiger partial charge in [-0.1, -0.05) is 18.2 Å². The molecule has 0 fully saturated rings. The smallest absolute Gasteiger partial charge is 0.269 e. The topological polar surface area (TPSA) is 89.5 Å². The van der Waals surface area contributed by atoms with Gasteiger partial charge in [-0.2, -0.15) is 5.10 Å². The van der Waals surface area contributed by atoms with Crippen LogP contribution in [0.5, 0.6) is 0 Å². The first-order valence-corrected chi connectivity index (χ1v) is 9.88. The third kappa shape index (κ3) is 5.11.